The van der Waals surface area contributed by atoms with Crippen molar-refractivity contribution in [3.8, 4) is 5.69 Å². The number of aliphatic imine (C=N–C) groups is 1. The molecule has 2 heterocycles. The average Bonchev–Trinajstić information content (AvgIpc) is 3.07. The van der Waals surface area contributed by atoms with Gasteiger partial charge in [-0.1, -0.05) is 12.1 Å². The van der Waals surface area contributed by atoms with Gasteiger partial charge in [0.2, 0.25) is 0 Å². The van der Waals surface area contributed by atoms with Gasteiger partial charge in [0.05, 0.1) is 5.69 Å². The molecule has 0 aliphatic carbocycles. The van der Waals surface area contributed by atoms with Gasteiger partial charge in [0.25, 0.3) is 0 Å². The van der Waals surface area contributed by atoms with E-state index in [0.717, 1.165) is 47.8 Å². The molecule has 0 aliphatic heterocycles. The number of guanidine groups is 1. The lowest BCUT2D eigenvalue weighted by atomic mass is 10.1. The number of nitrogens with zero attached hydrogens (tertiary/aromatic N) is 3. The number of aromatic nitrogens is 3. The zero-order valence-corrected chi connectivity index (χ0v) is 16.2. The Morgan fingerprint density at radius 2 is 2.04 bits per heavy atom. The minimum Gasteiger partial charge on any atom is -0.375 e. The summed E-state index contributed by atoms with van der Waals surface area (Å²) in [6, 6.07) is 9.86. The lowest BCUT2D eigenvalue weighted by Gasteiger charge is -2.10. The minimum absolute atomic E-state index is 0.123. The maximum Gasteiger partial charge on any atom is 0.354 e. The van der Waals surface area contributed by atoms with Crippen molar-refractivity contribution in [2.75, 3.05) is 13.1 Å². The number of benzene rings is 1. The van der Waals surface area contributed by atoms with Gasteiger partial charge in [-0.25, -0.2) is 4.79 Å². The van der Waals surface area contributed by atoms with Crippen LogP contribution >= 0.6 is 0 Å². The zero-order valence-electron chi connectivity index (χ0n) is 16.2. The Morgan fingerprint density at radius 1 is 1.29 bits per heavy atom. The molecular formula is C20H26N7O-. The number of fused-ring (bicyclic) bond motifs is 1. The first-order chi connectivity index (χ1) is 13.4. The first-order valence-electron chi connectivity index (χ1n) is 9.22. The van der Waals surface area contributed by atoms with Crippen LogP contribution < -0.4 is 22.5 Å². The van der Waals surface area contributed by atoms with Crippen LogP contribution in [0.3, 0.4) is 0 Å². The van der Waals surface area contributed by atoms with Crippen molar-refractivity contribution in [3.63, 3.8) is 0 Å². The van der Waals surface area contributed by atoms with Crippen LogP contribution in [-0.2, 0) is 6.54 Å². The quantitative estimate of drug-likeness (QED) is 0.203. The van der Waals surface area contributed by atoms with E-state index in [1.165, 1.54) is 0 Å². The highest BCUT2D eigenvalue weighted by Crippen LogP contribution is 2.18. The highest BCUT2D eigenvalue weighted by molar-refractivity contribution is 5.76. The molecule has 8 heteroatoms. The van der Waals surface area contributed by atoms with Crippen LogP contribution in [0, 0.1) is 5.92 Å². The second-order valence-corrected chi connectivity index (χ2v) is 6.88. The molecule has 6 N–H and O–H groups in total. The smallest absolute Gasteiger partial charge is 0.354 e. The molecule has 28 heavy (non-hydrogen) atoms. The standard InChI is InChI=1S/C20H26N7O/c1-13(2)17-10-15-12-27(20(28)26-18(15)25-17)16-6-4-14(5-7-16)11-23-8-3-9-24-19(21)22/h4-7,10,12,23H,3,8-9,11H2,1-2H3,(H4,21,22,24)(H,25,26,28)/q-1. The molecule has 0 aliphatic rings. The fraction of sp³-hybridized carbons (Fsp3) is 0.300. The largest absolute Gasteiger partial charge is 0.375 e. The number of nitrogens with one attached hydrogen (secondary N) is 2. The number of nitrogens with two attached hydrogens (primary N) is 2. The minimum atomic E-state index is -0.305. The molecule has 0 saturated carbocycles. The summed E-state index contributed by atoms with van der Waals surface area (Å²) in [5, 5.41) is 4.25. The van der Waals surface area contributed by atoms with E-state index >= 15 is 0 Å². The Hall–Kier alpha value is -3.26. The Morgan fingerprint density at radius 3 is 2.71 bits per heavy atom. The predicted molar refractivity (Wildman–Crippen MR) is 112 cm³/mol. The molecule has 1 aromatic carbocycles. The SMILES string of the molecule is C[C-](C)c1cc2cn(-c3ccc(CNCCCN=C(N)N)cc3)c(=O)nc2[nH]1. The van der Waals surface area contributed by atoms with Crippen LogP contribution in [0.4, 0.5) is 0 Å². The molecule has 0 spiro atoms. The van der Waals surface area contributed by atoms with Crippen LogP contribution in [0.15, 0.2) is 46.3 Å². The molecule has 0 fully saturated rings. The summed E-state index contributed by atoms with van der Waals surface area (Å²) < 4.78 is 1.57. The van der Waals surface area contributed by atoms with Crippen LogP contribution in [0.25, 0.3) is 16.7 Å². The highest BCUT2D eigenvalue weighted by atomic mass is 16.1. The van der Waals surface area contributed by atoms with E-state index in [2.05, 4.69) is 20.3 Å². The molecule has 0 amide bonds. The van der Waals surface area contributed by atoms with Gasteiger partial charge in [-0.05, 0) is 36.0 Å². The summed E-state index contributed by atoms with van der Waals surface area (Å²) >= 11 is 0. The third-order valence-corrected chi connectivity index (χ3v) is 4.40. The van der Waals surface area contributed by atoms with Crippen LogP contribution in [0.1, 0.15) is 31.5 Å². The zero-order chi connectivity index (χ0) is 20.1. The molecular weight excluding hydrogens is 354 g/mol. The number of hydrogen-bond donors (Lipinski definition) is 4. The molecule has 0 atom stereocenters. The van der Waals surface area contributed by atoms with Gasteiger partial charge in [0.1, 0.15) is 5.65 Å². The summed E-state index contributed by atoms with van der Waals surface area (Å²) in [6.07, 6.45) is 2.69. The summed E-state index contributed by atoms with van der Waals surface area (Å²) in [6.45, 7) is 6.21. The normalized spacial score (nSPS) is 10.9. The summed E-state index contributed by atoms with van der Waals surface area (Å²) in [7, 11) is 0. The second kappa shape index (κ2) is 8.62. The van der Waals surface area contributed by atoms with E-state index in [9.17, 15) is 4.79 Å². The van der Waals surface area contributed by atoms with Crippen LogP contribution in [0.2, 0.25) is 0 Å². The van der Waals surface area contributed by atoms with Crippen molar-refractivity contribution in [3.05, 3.63) is 64.2 Å². The monoisotopic (exact) mass is 380 g/mol. The number of aromatic amines is 1. The first kappa shape index (κ1) is 19.5. The van der Waals surface area contributed by atoms with E-state index in [0.29, 0.717) is 12.2 Å². The van der Waals surface area contributed by atoms with Crippen molar-refractivity contribution < 1.29 is 0 Å². The molecule has 3 rings (SSSR count). The Kier molecular flexibility index (Phi) is 6.00. The van der Waals surface area contributed by atoms with Gasteiger partial charge < -0.3 is 21.8 Å². The maximum absolute atomic E-state index is 12.4. The molecule has 8 nitrogen and oxygen atoms in total. The number of H-pyrrole nitrogens is 1. The summed E-state index contributed by atoms with van der Waals surface area (Å²) in [5.41, 5.74) is 13.8. The Labute approximate surface area is 163 Å². The number of hydrogen-bond acceptors (Lipinski definition) is 4. The molecule has 3 aromatic rings. The van der Waals surface area contributed by atoms with Crippen LogP contribution in [-0.4, -0.2) is 33.6 Å². The fourth-order valence-corrected chi connectivity index (χ4v) is 2.87. The number of rotatable bonds is 8. The lowest BCUT2D eigenvalue weighted by molar-refractivity contribution is 0.655. The van der Waals surface area contributed by atoms with Crippen molar-refractivity contribution in [2.24, 2.45) is 16.5 Å². The van der Waals surface area contributed by atoms with E-state index in [1.54, 1.807) is 4.57 Å². The van der Waals surface area contributed by atoms with Crippen molar-refractivity contribution in [1.82, 2.24) is 19.9 Å². The molecule has 0 unspecified atom stereocenters. The molecule has 0 bridgehead atoms. The first-order valence-corrected chi connectivity index (χ1v) is 9.22. The van der Waals surface area contributed by atoms with E-state index in [-0.39, 0.29) is 11.6 Å². The molecule has 148 valence electrons. The van der Waals surface area contributed by atoms with Gasteiger partial charge >= 0.3 is 5.69 Å². The summed E-state index contributed by atoms with van der Waals surface area (Å²) in [4.78, 5) is 23.7. The van der Waals surface area contributed by atoms with Gasteiger partial charge in [-0.3, -0.25) is 9.56 Å². The van der Waals surface area contributed by atoms with Gasteiger partial charge in [-0.2, -0.15) is 17.0 Å². The summed E-state index contributed by atoms with van der Waals surface area (Å²) in [5.74, 6) is 1.27. The van der Waals surface area contributed by atoms with Crippen molar-refractivity contribution in [2.45, 2.75) is 26.8 Å². The van der Waals surface area contributed by atoms with Gasteiger partial charge in [0, 0.05) is 19.3 Å². The molecule has 0 saturated heterocycles. The third kappa shape index (κ3) is 4.72. The Bertz CT molecular complexity index is 1010. The molecule has 0 radical (unpaired) electrons. The van der Waals surface area contributed by atoms with E-state index in [1.807, 2.05) is 50.4 Å². The van der Waals surface area contributed by atoms with Gasteiger partial charge in [0.15, 0.2) is 5.96 Å². The Balaban J connectivity index is 1.67. The van der Waals surface area contributed by atoms with E-state index < -0.39 is 0 Å². The maximum atomic E-state index is 12.4. The van der Waals surface area contributed by atoms with Crippen LogP contribution in [0.5, 0.6) is 0 Å². The van der Waals surface area contributed by atoms with E-state index in [4.69, 9.17) is 11.5 Å². The topological polar surface area (TPSA) is 127 Å². The fourth-order valence-electron chi connectivity index (χ4n) is 2.87. The predicted octanol–water partition coefficient (Wildman–Crippen LogP) is 1.43. The van der Waals surface area contributed by atoms with Crippen molar-refractivity contribution >= 4 is 17.0 Å². The highest BCUT2D eigenvalue weighted by Gasteiger charge is 2.05. The third-order valence-electron chi connectivity index (χ3n) is 4.40. The average molecular weight is 380 g/mol. The lowest BCUT2D eigenvalue weighted by Crippen LogP contribution is -2.23. The molecule has 2 aromatic heterocycles. The van der Waals surface area contributed by atoms with Gasteiger partial charge in [-0.15, -0.1) is 19.5 Å². The van der Waals surface area contributed by atoms with Crippen molar-refractivity contribution in [1.29, 1.82) is 0 Å². The second-order valence-electron chi connectivity index (χ2n) is 6.88.